The van der Waals surface area contributed by atoms with E-state index < -0.39 is 5.54 Å². The van der Waals surface area contributed by atoms with Crippen LogP contribution in [-0.4, -0.2) is 29.3 Å². The summed E-state index contributed by atoms with van der Waals surface area (Å²) in [5.74, 6) is 0. The van der Waals surface area contributed by atoms with Crippen molar-refractivity contribution in [3.8, 4) is 0 Å². The molecule has 122 valence electrons. The predicted molar refractivity (Wildman–Crippen MR) is 90.0 cm³/mol. The fraction of sp³-hybridized carbons (Fsp3) is 0.333. The molecule has 1 unspecified atom stereocenters. The molecule has 0 aliphatic heterocycles. The zero-order chi connectivity index (χ0) is 16.5. The molecule has 0 aliphatic carbocycles. The van der Waals surface area contributed by atoms with Crippen LogP contribution in [-0.2, 0) is 12.0 Å². The number of pyridine rings is 1. The zero-order valence-electron chi connectivity index (χ0n) is 13.3. The molecule has 0 aliphatic rings. The summed E-state index contributed by atoms with van der Waals surface area (Å²) in [5.41, 5.74) is 1.44. The molecule has 3 N–H and O–H groups in total. The third kappa shape index (κ3) is 5.07. The van der Waals surface area contributed by atoms with E-state index in [0.29, 0.717) is 13.0 Å². The second kappa shape index (κ2) is 8.29. The largest absolute Gasteiger partial charge is 0.396 e. The third-order valence-corrected chi connectivity index (χ3v) is 3.83. The lowest BCUT2D eigenvalue weighted by Gasteiger charge is -2.31. The Hall–Kier alpha value is -2.40. The number of aromatic nitrogens is 1. The van der Waals surface area contributed by atoms with Gasteiger partial charge in [-0.15, -0.1) is 0 Å². The number of aliphatic hydroxyl groups excluding tert-OH is 1. The average molecular weight is 313 g/mol. The van der Waals surface area contributed by atoms with Crippen LogP contribution in [0.15, 0.2) is 54.9 Å². The molecular weight excluding hydrogens is 290 g/mol. The lowest BCUT2D eigenvalue weighted by molar-refractivity contribution is 0.204. The van der Waals surface area contributed by atoms with Gasteiger partial charge in [0, 0.05) is 25.5 Å². The van der Waals surface area contributed by atoms with Crippen molar-refractivity contribution in [3.63, 3.8) is 0 Å². The summed E-state index contributed by atoms with van der Waals surface area (Å²) in [4.78, 5) is 16.2. The maximum Gasteiger partial charge on any atom is 0.315 e. The molecule has 2 aromatic rings. The predicted octanol–water partition coefficient (Wildman–Crippen LogP) is 2.22. The lowest BCUT2D eigenvalue weighted by atomic mass is 9.89. The SMILES string of the molecule is CC(CCO)(NC(=O)NCCc1cccnc1)c1ccccc1. The van der Waals surface area contributed by atoms with Crippen molar-refractivity contribution in [1.82, 2.24) is 15.6 Å². The molecule has 0 fully saturated rings. The molecule has 1 atom stereocenters. The van der Waals surface area contributed by atoms with Crippen LogP contribution in [0.1, 0.15) is 24.5 Å². The van der Waals surface area contributed by atoms with Crippen molar-refractivity contribution >= 4 is 6.03 Å². The summed E-state index contributed by atoms with van der Waals surface area (Å²) in [5, 5.41) is 15.1. The van der Waals surface area contributed by atoms with E-state index in [-0.39, 0.29) is 12.6 Å². The number of nitrogens with one attached hydrogen (secondary N) is 2. The molecule has 1 aromatic heterocycles. The van der Waals surface area contributed by atoms with Crippen molar-refractivity contribution < 1.29 is 9.90 Å². The van der Waals surface area contributed by atoms with E-state index in [9.17, 15) is 9.90 Å². The molecule has 2 amide bonds. The Balaban J connectivity index is 1.91. The van der Waals surface area contributed by atoms with Gasteiger partial charge in [0.15, 0.2) is 0 Å². The first-order valence-electron chi connectivity index (χ1n) is 7.75. The van der Waals surface area contributed by atoms with Crippen LogP contribution >= 0.6 is 0 Å². The van der Waals surface area contributed by atoms with E-state index in [1.807, 2.05) is 49.4 Å². The molecule has 1 aromatic carbocycles. The minimum Gasteiger partial charge on any atom is -0.396 e. The van der Waals surface area contributed by atoms with E-state index in [1.54, 1.807) is 12.4 Å². The summed E-state index contributed by atoms with van der Waals surface area (Å²) < 4.78 is 0. The van der Waals surface area contributed by atoms with Gasteiger partial charge in [-0.2, -0.15) is 0 Å². The maximum atomic E-state index is 12.2. The van der Waals surface area contributed by atoms with Gasteiger partial charge in [-0.05, 0) is 37.0 Å². The second-order valence-corrected chi connectivity index (χ2v) is 5.66. The number of urea groups is 1. The van der Waals surface area contributed by atoms with Gasteiger partial charge >= 0.3 is 6.03 Å². The zero-order valence-corrected chi connectivity index (χ0v) is 13.3. The molecule has 2 rings (SSSR count). The molecule has 5 heteroatoms. The van der Waals surface area contributed by atoms with Gasteiger partial charge in [-0.25, -0.2) is 4.79 Å². The summed E-state index contributed by atoms with van der Waals surface area (Å²) in [6.07, 6.45) is 4.69. The van der Waals surface area contributed by atoms with Crippen LogP contribution < -0.4 is 10.6 Å². The molecule has 23 heavy (non-hydrogen) atoms. The van der Waals surface area contributed by atoms with E-state index >= 15 is 0 Å². The number of nitrogens with zero attached hydrogens (tertiary/aromatic N) is 1. The minimum absolute atomic E-state index is 0.00135. The molecule has 0 spiro atoms. The summed E-state index contributed by atoms with van der Waals surface area (Å²) >= 11 is 0. The Kier molecular flexibility index (Phi) is 6.11. The molecule has 0 radical (unpaired) electrons. The van der Waals surface area contributed by atoms with Gasteiger partial charge < -0.3 is 15.7 Å². The van der Waals surface area contributed by atoms with E-state index in [1.165, 1.54) is 0 Å². The van der Waals surface area contributed by atoms with Gasteiger partial charge in [0.2, 0.25) is 0 Å². The number of carbonyl (C=O) groups excluding carboxylic acids is 1. The highest BCUT2D eigenvalue weighted by Crippen LogP contribution is 2.23. The number of hydrogen-bond donors (Lipinski definition) is 3. The van der Waals surface area contributed by atoms with E-state index in [4.69, 9.17) is 0 Å². The van der Waals surface area contributed by atoms with Gasteiger partial charge in [0.25, 0.3) is 0 Å². The monoisotopic (exact) mass is 313 g/mol. The van der Waals surface area contributed by atoms with Gasteiger partial charge in [0.1, 0.15) is 0 Å². The summed E-state index contributed by atoms with van der Waals surface area (Å²) in [7, 11) is 0. The number of aliphatic hydroxyl groups is 1. The first kappa shape index (κ1) is 17.0. The molecule has 0 saturated heterocycles. The standard InChI is InChI=1S/C18H23N3O2/c1-18(10-13-22,16-7-3-2-4-8-16)21-17(23)20-12-9-15-6-5-11-19-14-15/h2-8,11,14,22H,9-10,12-13H2,1H3,(H2,20,21,23). The molecular formula is C18H23N3O2. The highest BCUT2D eigenvalue weighted by atomic mass is 16.3. The van der Waals surface area contributed by atoms with Crippen LogP contribution in [0, 0.1) is 0 Å². The van der Waals surface area contributed by atoms with Crippen molar-refractivity contribution in [3.05, 3.63) is 66.0 Å². The Morgan fingerprint density at radius 1 is 1.22 bits per heavy atom. The van der Waals surface area contributed by atoms with E-state index in [2.05, 4.69) is 15.6 Å². The van der Waals surface area contributed by atoms with Crippen molar-refractivity contribution in [2.24, 2.45) is 0 Å². The van der Waals surface area contributed by atoms with Crippen LogP contribution in [0.4, 0.5) is 4.79 Å². The first-order chi connectivity index (χ1) is 11.1. The lowest BCUT2D eigenvalue weighted by Crippen LogP contribution is -2.49. The van der Waals surface area contributed by atoms with Crippen LogP contribution in [0.2, 0.25) is 0 Å². The van der Waals surface area contributed by atoms with Gasteiger partial charge in [0.05, 0.1) is 5.54 Å². The van der Waals surface area contributed by atoms with Crippen molar-refractivity contribution in [1.29, 1.82) is 0 Å². The highest BCUT2D eigenvalue weighted by molar-refractivity contribution is 5.75. The molecule has 1 heterocycles. The number of benzene rings is 1. The Morgan fingerprint density at radius 2 is 2.00 bits per heavy atom. The summed E-state index contributed by atoms with van der Waals surface area (Å²) in [6, 6.07) is 13.3. The Bertz CT molecular complexity index is 604. The second-order valence-electron chi connectivity index (χ2n) is 5.66. The normalized spacial score (nSPS) is 13.1. The molecule has 5 nitrogen and oxygen atoms in total. The quantitative estimate of drug-likeness (QED) is 0.734. The first-order valence-corrected chi connectivity index (χ1v) is 7.75. The average Bonchev–Trinajstić information content (AvgIpc) is 2.57. The smallest absolute Gasteiger partial charge is 0.315 e. The van der Waals surface area contributed by atoms with Crippen LogP contribution in [0.5, 0.6) is 0 Å². The van der Waals surface area contributed by atoms with Gasteiger partial charge in [-0.3, -0.25) is 4.98 Å². The number of rotatable bonds is 7. The number of hydrogen-bond acceptors (Lipinski definition) is 3. The topological polar surface area (TPSA) is 74.2 Å². The van der Waals surface area contributed by atoms with Gasteiger partial charge in [-0.1, -0.05) is 36.4 Å². The highest BCUT2D eigenvalue weighted by Gasteiger charge is 2.27. The van der Waals surface area contributed by atoms with Crippen molar-refractivity contribution in [2.45, 2.75) is 25.3 Å². The van der Waals surface area contributed by atoms with Crippen LogP contribution in [0.3, 0.4) is 0 Å². The number of amides is 2. The van der Waals surface area contributed by atoms with E-state index in [0.717, 1.165) is 17.5 Å². The molecule has 0 bridgehead atoms. The fourth-order valence-corrected chi connectivity index (χ4v) is 2.47. The Labute approximate surface area is 136 Å². The van der Waals surface area contributed by atoms with Crippen LogP contribution in [0.25, 0.3) is 0 Å². The third-order valence-electron chi connectivity index (χ3n) is 3.83. The van der Waals surface area contributed by atoms with Crippen molar-refractivity contribution in [2.75, 3.05) is 13.2 Å². The maximum absolute atomic E-state index is 12.2. The summed E-state index contributed by atoms with van der Waals surface area (Å²) in [6.45, 7) is 2.45. The Morgan fingerprint density at radius 3 is 2.65 bits per heavy atom. The fourth-order valence-electron chi connectivity index (χ4n) is 2.47. The number of carbonyl (C=O) groups is 1. The minimum atomic E-state index is -0.603. The molecule has 0 saturated carbocycles.